The fourth-order valence-corrected chi connectivity index (χ4v) is 1.93. The number of nitrogens with two attached hydrogens (primary N) is 1. The highest BCUT2D eigenvalue weighted by atomic mass is 19.1. The van der Waals surface area contributed by atoms with Crippen LogP contribution in [0.2, 0.25) is 0 Å². The molecule has 1 heterocycles. The standard InChI is InChI=1S/C11H15FN4/c1-2-14-11(15-13)16-6-5-8-3-4-9(12)7-10(8)16/h3-4,7H,2,5-6,13H2,1H3,(H,14,15). The van der Waals surface area contributed by atoms with E-state index in [9.17, 15) is 4.39 Å². The molecule has 0 spiro atoms. The Labute approximate surface area is 93.9 Å². The molecule has 0 radical (unpaired) electrons. The van der Waals surface area contributed by atoms with Crippen LogP contribution in [0.3, 0.4) is 0 Å². The largest absolute Gasteiger partial charge is 0.311 e. The Balaban J connectivity index is 2.35. The van der Waals surface area contributed by atoms with E-state index in [0.717, 1.165) is 24.2 Å². The van der Waals surface area contributed by atoms with Gasteiger partial charge in [0.15, 0.2) is 0 Å². The molecule has 16 heavy (non-hydrogen) atoms. The van der Waals surface area contributed by atoms with E-state index in [1.165, 1.54) is 12.1 Å². The van der Waals surface area contributed by atoms with Crippen molar-refractivity contribution in [3.05, 3.63) is 29.6 Å². The van der Waals surface area contributed by atoms with Gasteiger partial charge in [0.05, 0.1) is 0 Å². The topological polar surface area (TPSA) is 53.6 Å². The summed E-state index contributed by atoms with van der Waals surface area (Å²) in [6, 6.07) is 4.81. The third-order valence-corrected chi connectivity index (χ3v) is 2.64. The zero-order valence-electron chi connectivity index (χ0n) is 9.20. The van der Waals surface area contributed by atoms with E-state index in [1.54, 1.807) is 0 Å². The summed E-state index contributed by atoms with van der Waals surface area (Å²) < 4.78 is 13.2. The molecule has 1 aromatic carbocycles. The van der Waals surface area contributed by atoms with Gasteiger partial charge in [-0.25, -0.2) is 10.2 Å². The van der Waals surface area contributed by atoms with Crippen molar-refractivity contribution in [2.45, 2.75) is 13.3 Å². The molecule has 0 aromatic heterocycles. The Morgan fingerprint density at radius 2 is 2.44 bits per heavy atom. The Hall–Kier alpha value is -1.62. The Morgan fingerprint density at radius 1 is 1.62 bits per heavy atom. The molecule has 0 atom stereocenters. The summed E-state index contributed by atoms with van der Waals surface area (Å²) in [4.78, 5) is 6.14. The van der Waals surface area contributed by atoms with Crippen LogP contribution in [0.15, 0.2) is 23.2 Å². The Morgan fingerprint density at radius 3 is 3.12 bits per heavy atom. The first-order valence-electron chi connectivity index (χ1n) is 5.33. The van der Waals surface area contributed by atoms with Gasteiger partial charge in [-0.1, -0.05) is 6.07 Å². The maximum atomic E-state index is 13.2. The number of hydrogen-bond acceptors (Lipinski definition) is 2. The monoisotopic (exact) mass is 222 g/mol. The van der Waals surface area contributed by atoms with Gasteiger partial charge in [-0.2, -0.15) is 0 Å². The van der Waals surface area contributed by atoms with Crippen LogP contribution in [0.5, 0.6) is 0 Å². The highest BCUT2D eigenvalue weighted by Crippen LogP contribution is 2.28. The van der Waals surface area contributed by atoms with E-state index >= 15 is 0 Å². The lowest BCUT2D eigenvalue weighted by Crippen LogP contribution is -2.44. The molecular weight excluding hydrogens is 207 g/mol. The third-order valence-electron chi connectivity index (χ3n) is 2.64. The van der Waals surface area contributed by atoms with Crippen molar-refractivity contribution in [1.82, 2.24) is 5.43 Å². The summed E-state index contributed by atoms with van der Waals surface area (Å²) in [5.41, 5.74) is 4.54. The van der Waals surface area contributed by atoms with Crippen LogP contribution in [-0.2, 0) is 6.42 Å². The SMILES string of the molecule is CCN=C(NN)N1CCc2ccc(F)cc21. The van der Waals surface area contributed by atoms with Gasteiger partial charge in [0.2, 0.25) is 5.96 Å². The lowest BCUT2D eigenvalue weighted by atomic mass is 10.2. The lowest BCUT2D eigenvalue weighted by molar-refractivity contribution is 0.628. The van der Waals surface area contributed by atoms with Crippen LogP contribution >= 0.6 is 0 Å². The van der Waals surface area contributed by atoms with Crippen molar-refractivity contribution in [1.29, 1.82) is 0 Å². The molecule has 0 saturated heterocycles. The average molecular weight is 222 g/mol. The molecule has 0 amide bonds. The molecule has 1 aliphatic rings. The van der Waals surface area contributed by atoms with Crippen molar-refractivity contribution < 1.29 is 4.39 Å². The highest BCUT2D eigenvalue weighted by Gasteiger charge is 2.22. The Bertz CT molecular complexity index is 416. The number of benzene rings is 1. The summed E-state index contributed by atoms with van der Waals surface area (Å²) in [5.74, 6) is 5.77. The van der Waals surface area contributed by atoms with Gasteiger partial charge in [-0.15, -0.1) is 0 Å². The fraction of sp³-hybridized carbons (Fsp3) is 0.364. The maximum absolute atomic E-state index is 13.2. The number of guanidine groups is 1. The predicted octanol–water partition coefficient (Wildman–Crippen LogP) is 1.03. The normalized spacial score (nSPS) is 15.2. The van der Waals surface area contributed by atoms with Crippen LogP contribution in [0.1, 0.15) is 12.5 Å². The van der Waals surface area contributed by atoms with Gasteiger partial charge >= 0.3 is 0 Å². The average Bonchev–Trinajstić information content (AvgIpc) is 2.69. The minimum absolute atomic E-state index is 0.237. The van der Waals surface area contributed by atoms with E-state index in [0.29, 0.717) is 12.5 Å². The van der Waals surface area contributed by atoms with Crippen molar-refractivity contribution >= 4 is 11.6 Å². The van der Waals surface area contributed by atoms with Crippen molar-refractivity contribution in [3.63, 3.8) is 0 Å². The summed E-state index contributed by atoms with van der Waals surface area (Å²) in [5, 5.41) is 0. The zero-order valence-corrected chi connectivity index (χ0v) is 9.20. The number of hydrogen-bond donors (Lipinski definition) is 2. The molecule has 2 rings (SSSR count). The molecule has 1 aliphatic heterocycles. The molecule has 86 valence electrons. The molecule has 0 bridgehead atoms. The quantitative estimate of drug-likeness (QED) is 0.323. The van der Waals surface area contributed by atoms with E-state index < -0.39 is 0 Å². The first-order chi connectivity index (χ1) is 7.76. The summed E-state index contributed by atoms with van der Waals surface area (Å²) >= 11 is 0. The van der Waals surface area contributed by atoms with E-state index in [4.69, 9.17) is 5.84 Å². The fourth-order valence-electron chi connectivity index (χ4n) is 1.93. The van der Waals surface area contributed by atoms with E-state index in [-0.39, 0.29) is 5.82 Å². The second-order valence-electron chi connectivity index (χ2n) is 3.62. The molecule has 0 fully saturated rings. The van der Waals surface area contributed by atoms with Gasteiger partial charge in [0, 0.05) is 18.8 Å². The maximum Gasteiger partial charge on any atom is 0.212 e. The molecule has 3 N–H and O–H groups in total. The van der Waals surface area contributed by atoms with Crippen LogP contribution in [-0.4, -0.2) is 19.0 Å². The number of halogens is 1. The first-order valence-corrected chi connectivity index (χ1v) is 5.33. The highest BCUT2D eigenvalue weighted by molar-refractivity contribution is 5.97. The second kappa shape index (κ2) is 4.49. The molecule has 4 nitrogen and oxygen atoms in total. The number of anilines is 1. The zero-order chi connectivity index (χ0) is 11.5. The van der Waals surface area contributed by atoms with Crippen molar-refractivity contribution in [2.75, 3.05) is 18.0 Å². The van der Waals surface area contributed by atoms with E-state index in [1.807, 2.05) is 17.9 Å². The summed E-state index contributed by atoms with van der Waals surface area (Å²) in [7, 11) is 0. The Kier molecular flexibility index (Phi) is 3.05. The lowest BCUT2D eigenvalue weighted by Gasteiger charge is -2.20. The summed E-state index contributed by atoms with van der Waals surface area (Å²) in [6.45, 7) is 3.35. The summed E-state index contributed by atoms with van der Waals surface area (Å²) in [6.07, 6.45) is 0.889. The van der Waals surface area contributed by atoms with Crippen LogP contribution in [0.4, 0.5) is 10.1 Å². The van der Waals surface area contributed by atoms with Crippen molar-refractivity contribution in [3.8, 4) is 0 Å². The molecule has 5 heteroatoms. The van der Waals surface area contributed by atoms with Gasteiger partial charge in [0.25, 0.3) is 0 Å². The van der Waals surface area contributed by atoms with Gasteiger partial charge in [-0.05, 0) is 31.0 Å². The minimum atomic E-state index is -0.237. The number of hydrazine groups is 1. The van der Waals surface area contributed by atoms with E-state index in [2.05, 4.69) is 10.4 Å². The minimum Gasteiger partial charge on any atom is -0.311 e. The number of rotatable bonds is 1. The predicted molar refractivity (Wildman–Crippen MR) is 62.7 cm³/mol. The number of nitrogens with one attached hydrogen (secondary N) is 1. The molecule has 0 saturated carbocycles. The van der Waals surface area contributed by atoms with Gasteiger partial charge < -0.3 is 4.90 Å². The third kappa shape index (κ3) is 1.86. The smallest absolute Gasteiger partial charge is 0.212 e. The van der Waals surface area contributed by atoms with Crippen molar-refractivity contribution in [2.24, 2.45) is 10.8 Å². The molecule has 1 aromatic rings. The number of fused-ring (bicyclic) bond motifs is 1. The van der Waals surface area contributed by atoms with Crippen LogP contribution < -0.4 is 16.2 Å². The van der Waals surface area contributed by atoms with Gasteiger partial charge in [-0.3, -0.25) is 10.4 Å². The second-order valence-corrected chi connectivity index (χ2v) is 3.62. The molecular formula is C11H15FN4. The van der Waals surface area contributed by atoms with Crippen LogP contribution in [0.25, 0.3) is 0 Å². The van der Waals surface area contributed by atoms with Crippen LogP contribution in [0, 0.1) is 5.82 Å². The number of aliphatic imine (C=N–C) groups is 1. The first kappa shape index (κ1) is 10.9. The number of nitrogens with zero attached hydrogens (tertiary/aromatic N) is 2. The van der Waals surface area contributed by atoms with Gasteiger partial charge in [0.1, 0.15) is 5.82 Å². The molecule has 0 unspecified atom stereocenters. The molecule has 0 aliphatic carbocycles.